The minimum absolute atomic E-state index is 0.211. The van der Waals surface area contributed by atoms with Crippen molar-refractivity contribution in [3.05, 3.63) is 83.6 Å². The number of hydrogen-bond donors (Lipinski definition) is 2. The van der Waals surface area contributed by atoms with Gasteiger partial charge in [0.05, 0.1) is 17.1 Å². The van der Waals surface area contributed by atoms with Crippen molar-refractivity contribution in [1.82, 2.24) is 14.9 Å². The maximum Gasteiger partial charge on any atom is 0.182 e. The second-order valence-corrected chi connectivity index (χ2v) is 8.31. The highest BCUT2D eigenvalue weighted by atomic mass is 16.5. The summed E-state index contributed by atoms with van der Waals surface area (Å²) in [6.07, 6.45) is 8.40. The number of nitrogens with zero attached hydrogens (tertiary/aromatic N) is 3. The monoisotopic (exact) mass is 421 g/mol. The van der Waals surface area contributed by atoms with E-state index in [1.807, 2.05) is 42.4 Å². The van der Waals surface area contributed by atoms with E-state index >= 15 is 0 Å². The lowest BCUT2D eigenvalue weighted by atomic mass is 9.85. The lowest BCUT2D eigenvalue weighted by molar-refractivity contribution is 0.129. The quantitative estimate of drug-likeness (QED) is 0.359. The first-order valence-corrected chi connectivity index (χ1v) is 11.0. The summed E-state index contributed by atoms with van der Waals surface area (Å²) in [5, 5.41) is 1.48. The van der Waals surface area contributed by atoms with Gasteiger partial charge in [0, 0.05) is 26.8 Å². The smallest absolute Gasteiger partial charge is 0.182 e. The molecule has 0 radical (unpaired) electrons. The van der Waals surface area contributed by atoms with E-state index in [0.29, 0.717) is 35.4 Å². The molecule has 1 saturated carbocycles. The lowest BCUT2D eigenvalue weighted by Crippen LogP contribution is -2.31. The molecule has 6 nitrogen and oxygen atoms in total. The number of hydrazine groups is 1. The Labute approximate surface area is 186 Å². The first-order valence-electron chi connectivity index (χ1n) is 11.0. The molecule has 1 heterocycles. The zero-order valence-electron chi connectivity index (χ0n) is 18.8. The SMILES string of the molecule is C=C(OC/C(=C(/N)c1ccc(C2CCCCC2)cn1)N(C)N)N(C)Cc1ccccc1. The van der Waals surface area contributed by atoms with Gasteiger partial charge in [0.2, 0.25) is 0 Å². The molecule has 1 fully saturated rings. The van der Waals surface area contributed by atoms with Crippen molar-refractivity contribution in [1.29, 1.82) is 0 Å². The van der Waals surface area contributed by atoms with E-state index in [0.717, 1.165) is 0 Å². The van der Waals surface area contributed by atoms with E-state index in [1.54, 1.807) is 7.05 Å². The molecular weight excluding hydrogens is 386 g/mol. The van der Waals surface area contributed by atoms with Gasteiger partial charge in [-0.1, -0.05) is 55.7 Å². The third-order valence-corrected chi connectivity index (χ3v) is 5.94. The standard InChI is InChI=1S/C25H35N5O/c1-19(29(2)17-20-10-6-4-7-11-20)31-18-24(30(3)27)25(26)23-15-14-22(16-28-23)21-12-8-5-9-13-21/h4,6-7,10-11,14-16,21H,1,5,8-9,12-13,17-18,26-27H2,2-3H3/b25-24-. The van der Waals surface area contributed by atoms with Crippen LogP contribution in [-0.4, -0.2) is 35.6 Å². The zero-order valence-corrected chi connectivity index (χ0v) is 18.8. The van der Waals surface area contributed by atoms with Gasteiger partial charge < -0.3 is 20.4 Å². The van der Waals surface area contributed by atoms with Gasteiger partial charge in [-0.05, 0) is 42.5 Å². The first-order chi connectivity index (χ1) is 15.0. The van der Waals surface area contributed by atoms with E-state index in [1.165, 1.54) is 48.2 Å². The van der Waals surface area contributed by atoms with Crippen LogP contribution >= 0.6 is 0 Å². The molecule has 4 N–H and O–H groups in total. The highest BCUT2D eigenvalue weighted by Gasteiger charge is 2.17. The molecule has 0 unspecified atom stereocenters. The highest BCUT2D eigenvalue weighted by Crippen LogP contribution is 2.32. The number of rotatable bonds is 9. The van der Waals surface area contributed by atoms with Gasteiger partial charge in [0.15, 0.2) is 5.88 Å². The van der Waals surface area contributed by atoms with Crippen LogP contribution in [0.3, 0.4) is 0 Å². The lowest BCUT2D eigenvalue weighted by Gasteiger charge is -2.25. The van der Waals surface area contributed by atoms with E-state index in [-0.39, 0.29) is 6.61 Å². The fourth-order valence-electron chi connectivity index (χ4n) is 3.97. The van der Waals surface area contributed by atoms with Crippen molar-refractivity contribution >= 4 is 5.70 Å². The number of hydrogen-bond acceptors (Lipinski definition) is 6. The molecule has 0 aliphatic heterocycles. The molecule has 0 amide bonds. The Bertz CT molecular complexity index is 871. The number of likely N-dealkylation sites (N-methyl/N-ethyl adjacent to an activating group) is 1. The van der Waals surface area contributed by atoms with Gasteiger partial charge in [0.25, 0.3) is 0 Å². The van der Waals surface area contributed by atoms with Crippen molar-refractivity contribution in [2.45, 2.75) is 44.6 Å². The number of pyridine rings is 1. The molecule has 0 spiro atoms. The van der Waals surface area contributed by atoms with E-state index in [4.69, 9.17) is 16.3 Å². The number of benzene rings is 1. The van der Waals surface area contributed by atoms with E-state index < -0.39 is 0 Å². The van der Waals surface area contributed by atoms with Crippen molar-refractivity contribution in [2.24, 2.45) is 11.6 Å². The summed E-state index contributed by atoms with van der Waals surface area (Å²) in [4.78, 5) is 6.58. The van der Waals surface area contributed by atoms with Gasteiger partial charge in [-0.25, -0.2) is 5.84 Å². The molecular formula is C25H35N5O. The Kier molecular flexibility index (Phi) is 7.95. The molecule has 6 heteroatoms. The normalized spacial score (nSPS) is 15.2. The second-order valence-electron chi connectivity index (χ2n) is 8.31. The van der Waals surface area contributed by atoms with E-state index in [9.17, 15) is 0 Å². The van der Waals surface area contributed by atoms with Crippen LogP contribution in [0.2, 0.25) is 0 Å². The third kappa shape index (κ3) is 6.25. The Balaban J connectivity index is 1.64. The van der Waals surface area contributed by atoms with Crippen molar-refractivity contribution in [3.8, 4) is 0 Å². The van der Waals surface area contributed by atoms with Crippen LogP contribution in [0.1, 0.15) is 54.8 Å². The van der Waals surface area contributed by atoms with Gasteiger partial charge in [-0.2, -0.15) is 0 Å². The molecule has 1 aliphatic rings. The van der Waals surface area contributed by atoms with Gasteiger partial charge in [0.1, 0.15) is 6.61 Å². The molecule has 0 saturated heterocycles. The van der Waals surface area contributed by atoms with Crippen molar-refractivity contribution in [3.63, 3.8) is 0 Å². The maximum absolute atomic E-state index is 6.43. The summed E-state index contributed by atoms with van der Waals surface area (Å²) in [6.45, 7) is 4.96. The molecule has 1 aromatic carbocycles. The fourth-order valence-corrected chi connectivity index (χ4v) is 3.97. The second kappa shape index (κ2) is 10.9. The largest absolute Gasteiger partial charge is 0.473 e. The molecule has 2 aromatic rings. The Morgan fingerprint density at radius 1 is 1.10 bits per heavy atom. The molecule has 1 aromatic heterocycles. The predicted octanol–water partition coefficient (Wildman–Crippen LogP) is 4.18. The zero-order chi connectivity index (χ0) is 22.2. The molecule has 166 valence electrons. The van der Waals surface area contributed by atoms with Crippen LogP contribution in [0.4, 0.5) is 0 Å². The Morgan fingerprint density at radius 3 is 2.42 bits per heavy atom. The number of nitrogens with two attached hydrogens (primary N) is 2. The summed E-state index contributed by atoms with van der Waals surface area (Å²) >= 11 is 0. The van der Waals surface area contributed by atoms with Crippen molar-refractivity contribution < 1.29 is 4.74 Å². The van der Waals surface area contributed by atoms with Gasteiger partial charge >= 0.3 is 0 Å². The van der Waals surface area contributed by atoms with Crippen LogP contribution in [0.15, 0.2) is 66.8 Å². The minimum atomic E-state index is 0.211. The summed E-state index contributed by atoms with van der Waals surface area (Å²) in [6, 6.07) is 14.3. The summed E-state index contributed by atoms with van der Waals surface area (Å²) in [5.41, 5.74) is 10.8. The highest BCUT2D eigenvalue weighted by molar-refractivity contribution is 5.62. The van der Waals surface area contributed by atoms with Crippen LogP contribution in [-0.2, 0) is 11.3 Å². The topological polar surface area (TPSA) is 80.6 Å². The summed E-state index contributed by atoms with van der Waals surface area (Å²) < 4.78 is 5.91. The molecule has 1 aliphatic carbocycles. The third-order valence-electron chi connectivity index (χ3n) is 5.94. The predicted molar refractivity (Wildman–Crippen MR) is 126 cm³/mol. The fraction of sp³-hybridized carbons (Fsp3) is 0.400. The Hall–Kier alpha value is -2.99. The average Bonchev–Trinajstić information content (AvgIpc) is 2.80. The molecule has 31 heavy (non-hydrogen) atoms. The number of ether oxygens (including phenoxy) is 1. The molecule has 0 bridgehead atoms. The summed E-state index contributed by atoms with van der Waals surface area (Å²) in [7, 11) is 3.69. The first kappa shape index (κ1) is 22.7. The Morgan fingerprint density at radius 2 is 1.81 bits per heavy atom. The van der Waals surface area contributed by atoms with Crippen LogP contribution in [0.5, 0.6) is 0 Å². The minimum Gasteiger partial charge on any atom is -0.473 e. The molecule has 0 atom stereocenters. The number of aromatic nitrogens is 1. The van der Waals surface area contributed by atoms with Gasteiger partial charge in [-0.3, -0.25) is 4.98 Å². The van der Waals surface area contributed by atoms with Crippen LogP contribution < -0.4 is 11.6 Å². The maximum atomic E-state index is 6.43. The van der Waals surface area contributed by atoms with E-state index in [2.05, 4.69) is 29.8 Å². The van der Waals surface area contributed by atoms with Crippen LogP contribution in [0, 0.1) is 0 Å². The summed E-state index contributed by atoms with van der Waals surface area (Å²) in [5.74, 6) is 7.22. The average molecular weight is 422 g/mol. The van der Waals surface area contributed by atoms with Gasteiger partial charge in [-0.15, -0.1) is 0 Å². The van der Waals surface area contributed by atoms with Crippen molar-refractivity contribution in [2.75, 3.05) is 20.7 Å². The van der Waals surface area contributed by atoms with Crippen LogP contribution in [0.25, 0.3) is 5.70 Å². The molecule has 3 rings (SSSR count).